The van der Waals surface area contributed by atoms with E-state index in [0.29, 0.717) is 34.9 Å². The Hall–Kier alpha value is -4.89. The van der Waals surface area contributed by atoms with E-state index in [1.807, 2.05) is 79.0 Å². The molecule has 0 N–H and O–H groups in total. The van der Waals surface area contributed by atoms with Crippen molar-refractivity contribution in [3.8, 4) is 28.4 Å². The summed E-state index contributed by atoms with van der Waals surface area (Å²) in [5.41, 5.74) is 4.45. The van der Waals surface area contributed by atoms with Gasteiger partial charge in [0.2, 0.25) is 0 Å². The summed E-state index contributed by atoms with van der Waals surface area (Å²) in [6.07, 6.45) is 2.22. The van der Waals surface area contributed by atoms with Crippen LogP contribution < -0.4 is 9.47 Å². The zero-order chi connectivity index (χ0) is 28.4. The van der Waals surface area contributed by atoms with Crippen LogP contribution >= 0.6 is 0 Å². The SMILES string of the molecule is COc1ccc(C2=NN(S(=O)(=O)c3ccccc3)[C@H](c3cn(-c4ccccc4)nc3-c3ccccc3)C2)c(OC)c1. The number of aromatic nitrogens is 2. The summed E-state index contributed by atoms with van der Waals surface area (Å²) in [5, 5.41) is 9.69. The second-order valence-corrected chi connectivity index (χ2v) is 11.3. The summed E-state index contributed by atoms with van der Waals surface area (Å²) in [6, 6.07) is 32.7. The summed E-state index contributed by atoms with van der Waals surface area (Å²) in [4.78, 5) is 0.161. The molecule has 41 heavy (non-hydrogen) atoms. The highest BCUT2D eigenvalue weighted by Gasteiger charge is 2.40. The molecule has 0 unspecified atom stereocenters. The second kappa shape index (κ2) is 10.9. The number of ether oxygens (including phenoxy) is 2. The van der Waals surface area contributed by atoms with Crippen molar-refractivity contribution in [3.63, 3.8) is 0 Å². The van der Waals surface area contributed by atoms with Gasteiger partial charge in [-0.15, -0.1) is 0 Å². The molecule has 6 rings (SSSR count). The number of hydrogen-bond acceptors (Lipinski definition) is 6. The highest BCUT2D eigenvalue weighted by molar-refractivity contribution is 7.89. The Balaban J connectivity index is 1.53. The van der Waals surface area contributed by atoms with E-state index in [0.717, 1.165) is 16.8 Å². The van der Waals surface area contributed by atoms with Gasteiger partial charge in [-0.05, 0) is 36.4 Å². The van der Waals surface area contributed by atoms with Gasteiger partial charge < -0.3 is 9.47 Å². The molecule has 1 atom stereocenters. The molecular weight excluding hydrogens is 536 g/mol. The van der Waals surface area contributed by atoms with Gasteiger partial charge in [-0.2, -0.15) is 23.0 Å². The average molecular weight is 565 g/mol. The van der Waals surface area contributed by atoms with Crippen molar-refractivity contribution in [2.75, 3.05) is 14.2 Å². The maximum Gasteiger partial charge on any atom is 0.279 e. The number of sulfonamides is 1. The van der Waals surface area contributed by atoms with E-state index in [1.54, 1.807) is 55.3 Å². The van der Waals surface area contributed by atoms with Crippen LogP contribution in [0.5, 0.6) is 11.5 Å². The van der Waals surface area contributed by atoms with Gasteiger partial charge in [-0.1, -0.05) is 66.7 Å². The molecule has 8 nitrogen and oxygen atoms in total. The first-order valence-electron chi connectivity index (χ1n) is 13.1. The molecule has 0 radical (unpaired) electrons. The number of methoxy groups -OCH3 is 2. The number of benzene rings is 4. The van der Waals surface area contributed by atoms with E-state index in [1.165, 1.54) is 4.41 Å². The van der Waals surface area contributed by atoms with Crippen LogP contribution in [-0.4, -0.2) is 42.5 Å². The smallest absolute Gasteiger partial charge is 0.279 e. The molecule has 2 heterocycles. The molecule has 4 aromatic carbocycles. The molecule has 1 aliphatic rings. The first-order chi connectivity index (χ1) is 20.0. The minimum Gasteiger partial charge on any atom is -0.497 e. The summed E-state index contributed by atoms with van der Waals surface area (Å²) < 4.78 is 42.3. The van der Waals surface area contributed by atoms with Crippen molar-refractivity contribution < 1.29 is 17.9 Å². The molecule has 0 aliphatic carbocycles. The molecular formula is C32H28N4O4S. The number of para-hydroxylation sites is 1. The first-order valence-corrected chi connectivity index (χ1v) is 14.5. The van der Waals surface area contributed by atoms with Crippen LogP contribution in [0.2, 0.25) is 0 Å². The molecule has 206 valence electrons. The Morgan fingerprint density at radius 3 is 2.12 bits per heavy atom. The second-order valence-electron chi connectivity index (χ2n) is 9.50. The number of hydrazone groups is 1. The zero-order valence-corrected chi connectivity index (χ0v) is 23.4. The molecule has 0 spiro atoms. The zero-order valence-electron chi connectivity index (χ0n) is 22.6. The number of hydrogen-bond donors (Lipinski definition) is 0. The lowest BCUT2D eigenvalue weighted by molar-refractivity contribution is 0.372. The molecule has 5 aromatic rings. The first kappa shape index (κ1) is 26.3. The van der Waals surface area contributed by atoms with Gasteiger partial charge in [-0.25, -0.2) is 4.68 Å². The van der Waals surface area contributed by atoms with Gasteiger partial charge in [-0.3, -0.25) is 0 Å². The van der Waals surface area contributed by atoms with Crippen LogP contribution in [0.25, 0.3) is 16.9 Å². The quantitative estimate of drug-likeness (QED) is 0.227. The van der Waals surface area contributed by atoms with Crippen molar-refractivity contribution >= 4 is 15.7 Å². The Labute approximate surface area is 239 Å². The fraction of sp³-hybridized carbons (Fsp3) is 0.125. The summed E-state index contributed by atoms with van der Waals surface area (Å²) in [6.45, 7) is 0. The van der Waals surface area contributed by atoms with Gasteiger partial charge in [0.25, 0.3) is 10.0 Å². The largest absolute Gasteiger partial charge is 0.497 e. The minimum atomic E-state index is -4.02. The monoisotopic (exact) mass is 564 g/mol. The third-order valence-corrected chi connectivity index (χ3v) is 8.75. The van der Waals surface area contributed by atoms with E-state index < -0.39 is 16.1 Å². The van der Waals surface area contributed by atoms with Gasteiger partial charge in [0, 0.05) is 35.4 Å². The van der Waals surface area contributed by atoms with E-state index in [-0.39, 0.29) is 4.90 Å². The predicted octanol–water partition coefficient (Wildman–Crippen LogP) is 6.10. The molecule has 0 bridgehead atoms. The number of nitrogens with zero attached hydrogens (tertiary/aromatic N) is 4. The fourth-order valence-electron chi connectivity index (χ4n) is 5.01. The van der Waals surface area contributed by atoms with Crippen molar-refractivity contribution in [2.24, 2.45) is 5.10 Å². The highest BCUT2D eigenvalue weighted by Crippen LogP contribution is 2.42. The standard InChI is InChI=1S/C32H28N4O4S/c1-39-25-18-19-27(31(20-25)40-2)29-21-30(36(33-29)41(37,38)26-16-10-5-11-17-26)28-22-35(24-14-8-4-9-15-24)34-32(28)23-12-6-3-7-13-23/h3-20,22,30H,21H2,1-2H3/t30-/m0/s1. The maximum absolute atomic E-state index is 14.1. The van der Waals surface area contributed by atoms with Crippen LogP contribution in [0.15, 0.2) is 125 Å². The van der Waals surface area contributed by atoms with Gasteiger partial charge in [0.15, 0.2) is 0 Å². The van der Waals surface area contributed by atoms with Crippen LogP contribution in [0.1, 0.15) is 23.6 Å². The third-order valence-electron chi connectivity index (χ3n) is 7.05. The maximum atomic E-state index is 14.1. The molecule has 1 aromatic heterocycles. The van der Waals surface area contributed by atoms with Crippen LogP contribution in [-0.2, 0) is 10.0 Å². The van der Waals surface area contributed by atoms with Crippen LogP contribution in [0.4, 0.5) is 0 Å². The van der Waals surface area contributed by atoms with Gasteiger partial charge in [0.1, 0.15) is 11.5 Å². The average Bonchev–Trinajstić information content (AvgIpc) is 3.68. The molecule has 0 fully saturated rings. The summed E-state index contributed by atoms with van der Waals surface area (Å²) >= 11 is 0. The van der Waals surface area contributed by atoms with Gasteiger partial charge >= 0.3 is 0 Å². The Morgan fingerprint density at radius 1 is 0.805 bits per heavy atom. The van der Waals surface area contributed by atoms with E-state index in [9.17, 15) is 8.42 Å². The molecule has 1 aliphatic heterocycles. The summed E-state index contributed by atoms with van der Waals surface area (Å²) in [7, 11) is -0.865. The molecule has 0 amide bonds. The lowest BCUT2D eigenvalue weighted by Gasteiger charge is -2.23. The third kappa shape index (κ3) is 4.96. The molecule has 0 saturated carbocycles. The predicted molar refractivity (Wildman–Crippen MR) is 158 cm³/mol. The van der Waals surface area contributed by atoms with Crippen LogP contribution in [0, 0.1) is 0 Å². The van der Waals surface area contributed by atoms with Crippen molar-refractivity contribution in [1.82, 2.24) is 14.2 Å². The molecule has 9 heteroatoms. The lowest BCUT2D eigenvalue weighted by Crippen LogP contribution is -2.27. The Morgan fingerprint density at radius 2 is 1.46 bits per heavy atom. The van der Waals surface area contributed by atoms with Crippen molar-refractivity contribution in [2.45, 2.75) is 17.4 Å². The Kier molecular flexibility index (Phi) is 7.03. The van der Waals surface area contributed by atoms with Gasteiger partial charge in [0.05, 0.1) is 42.2 Å². The minimum absolute atomic E-state index is 0.161. The number of rotatable bonds is 8. The molecule has 0 saturated heterocycles. The van der Waals surface area contributed by atoms with E-state index in [4.69, 9.17) is 19.7 Å². The lowest BCUT2D eigenvalue weighted by atomic mass is 9.96. The summed E-state index contributed by atoms with van der Waals surface area (Å²) in [5.74, 6) is 1.18. The highest BCUT2D eigenvalue weighted by atomic mass is 32.2. The van der Waals surface area contributed by atoms with E-state index >= 15 is 0 Å². The van der Waals surface area contributed by atoms with E-state index in [2.05, 4.69) is 0 Å². The van der Waals surface area contributed by atoms with Crippen molar-refractivity contribution in [1.29, 1.82) is 0 Å². The van der Waals surface area contributed by atoms with Crippen molar-refractivity contribution in [3.05, 3.63) is 127 Å². The Bertz CT molecular complexity index is 1810. The topological polar surface area (TPSA) is 86.0 Å². The fourth-order valence-corrected chi connectivity index (χ4v) is 6.45. The normalized spacial score (nSPS) is 15.0. The van der Waals surface area contributed by atoms with Crippen LogP contribution in [0.3, 0.4) is 0 Å².